The van der Waals surface area contributed by atoms with Crippen LogP contribution in [0.15, 0.2) is 84.1 Å². The van der Waals surface area contributed by atoms with Crippen molar-refractivity contribution in [3.8, 4) is 0 Å². The van der Waals surface area contributed by atoms with E-state index in [9.17, 15) is 0 Å². The summed E-state index contributed by atoms with van der Waals surface area (Å²) in [6.07, 6.45) is 8.18. The van der Waals surface area contributed by atoms with Crippen LogP contribution >= 0.6 is 8.15 Å². The quantitative estimate of drug-likeness (QED) is 0.547. The molecule has 1 aliphatic carbocycles. The van der Waals surface area contributed by atoms with Crippen molar-refractivity contribution in [2.75, 3.05) is 13.7 Å². The van der Waals surface area contributed by atoms with Crippen LogP contribution in [0.2, 0.25) is 0 Å². The summed E-state index contributed by atoms with van der Waals surface area (Å²) in [5.74, 6) is 0.940. The van der Waals surface area contributed by atoms with Crippen LogP contribution in [-0.4, -0.2) is 13.7 Å². The lowest BCUT2D eigenvalue weighted by Gasteiger charge is -2.18. The number of benzene rings is 2. The fourth-order valence-electron chi connectivity index (χ4n) is 2.60. The van der Waals surface area contributed by atoms with Gasteiger partial charge < -0.3 is 9.26 Å². The maximum atomic E-state index is 6.33. The first kappa shape index (κ1) is 16.8. The molecule has 2 aromatic carbocycles. The van der Waals surface area contributed by atoms with Crippen LogP contribution in [0.25, 0.3) is 0 Å². The minimum absolute atomic E-state index is 0.728. The molecule has 24 heavy (non-hydrogen) atoms. The molecule has 0 saturated carbocycles. The molecule has 0 N–H and O–H groups in total. The Hall–Kier alpha value is -2.02. The third-order valence-electron chi connectivity index (χ3n) is 3.91. The second-order valence-corrected chi connectivity index (χ2v) is 7.43. The van der Waals surface area contributed by atoms with Crippen molar-refractivity contribution in [1.29, 1.82) is 0 Å². The topological polar surface area (TPSA) is 18.5 Å². The number of hydrogen-bond acceptors (Lipinski definition) is 2. The summed E-state index contributed by atoms with van der Waals surface area (Å²) in [5, 5.41) is 2.51. The number of allylic oxidation sites excluding steroid dienone is 2. The first-order chi connectivity index (χ1) is 11.9. The minimum atomic E-state index is -0.767. The molecule has 3 heteroatoms. The molecule has 1 aliphatic rings. The number of methoxy groups -OCH3 is 1. The molecule has 0 aromatic heterocycles. The largest absolute Gasteiger partial charge is 0.475 e. The summed E-state index contributed by atoms with van der Waals surface area (Å²) in [6.45, 7) is 0.728. The molecule has 0 amide bonds. The van der Waals surface area contributed by atoms with Crippen LogP contribution in [0, 0.1) is 6.42 Å². The van der Waals surface area contributed by atoms with Gasteiger partial charge >= 0.3 is 0 Å². The monoisotopic (exact) mass is 337 g/mol. The lowest BCUT2D eigenvalue weighted by atomic mass is 10.0. The molecule has 0 saturated heterocycles. The van der Waals surface area contributed by atoms with Crippen molar-refractivity contribution >= 4 is 18.8 Å². The summed E-state index contributed by atoms with van der Waals surface area (Å²) in [7, 11) is 0.938. The van der Waals surface area contributed by atoms with Crippen LogP contribution in [-0.2, 0) is 9.26 Å². The van der Waals surface area contributed by atoms with E-state index >= 15 is 0 Å². The van der Waals surface area contributed by atoms with E-state index in [1.165, 1.54) is 16.2 Å². The van der Waals surface area contributed by atoms with Crippen molar-refractivity contribution in [2.45, 2.75) is 12.8 Å². The van der Waals surface area contributed by atoms with Gasteiger partial charge in [0.25, 0.3) is 0 Å². The Balaban J connectivity index is 1.62. The fraction of sp³-hybridized carbons (Fsp3) is 0.190. The summed E-state index contributed by atoms with van der Waals surface area (Å²) in [5.41, 5.74) is 1.38. The summed E-state index contributed by atoms with van der Waals surface area (Å²) >= 11 is 0. The van der Waals surface area contributed by atoms with E-state index in [0.29, 0.717) is 0 Å². The molecule has 0 spiro atoms. The Morgan fingerprint density at radius 1 is 0.958 bits per heavy atom. The highest BCUT2D eigenvalue weighted by molar-refractivity contribution is 7.68. The average Bonchev–Trinajstić information content (AvgIpc) is 2.67. The zero-order chi connectivity index (χ0) is 16.6. The Labute approximate surface area is 145 Å². The number of rotatable bonds is 7. The molecule has 2 nitrogen and oxygen atoms in total. The maximum absolute atomic E-state index is 6.33. The lowest BCUT2D eigenvalue weighted by molar-refractivity contribution is 0.298. The van der Waals surface area contributed by atoms with Crippen molar-refractivity contribution in [2.24, 2.45) is 0 Å². The predicted octanol–water partition coefficient (Wildman–Crippen LogP) is 4.51. The van der Waals surface area contributed by atoms with Gasteiger partial charge in [-0.15, -0.1) is 0 Å². The first-order valence-corrected chi connectivity index (χ1v) is 9.43. The van der Waals surface area contributed by atoms with Crippen LogP contribution in [0.5, 0.6) is 0 Å². The van der Waals surface area contributed by atoms with E-state index < -0.39 is 8.15 Å². The molecule has 0 unspecified atom stereocenters. The molecule has 3 rings (SSSR count). The summed E-state index contributed by atoms with van der Waals surface area (Å²) in [6, 6.07) is 21.0. The first-order valence-electron chi connectivity index (χ1n) is 8.17. The Morgan fingerprint density at radius 2 is 1.58 bits per heavy atom. The van der Waals surface area contributed by atoms with E-state index in [4.69, 9.17) is 9.26 Å². The van der Waals surface area contributed by atoms with Crippen LogP contribution in [0.3, 0.4) is 0 Å². The maximum Gasteiger partial charge on any atom is 0.227 e. The second kappa shape index (κ2) is 8.73. The highest BCUT2D eigenvalue weighted by atomic mass is 31.1. The highest BCUT2D eigenvalue weighted by Crippen LogP contribution is 2.35. The van der Waals surface area contributed by atoms with Crippen molar-refractivity contribution in [3.05, 3.63) is 90.6 Å². The third kappa shape index (κ3) is 4.50. The number of ether oxygens (including phenoxy) is 1. The number of hydrogen-bond donors (Lipinski definition) is 0. The van der Waals surface area contributed by atoms with Crippen molar-refractivity contribution in [1.82, 2.24) is 0 Å². The van der Waals surface area contributed by atoms with E-state index in [0.717, 1.165) is 25.2 Å². The van der Waals surface area contributed by atoms with E-state index in [-0.39, 0.29) is 0 Å². The third-order valence-corrected chi connectivity index (χ3v) is 5.88. The van der Waals surface area contributed by atoms with Gasteiger partial charge in [0, 0.05) is 22.6 Å². The molecule has 0 bridgehead atoms. The van der Waals surface area contributed by atoms with Crippen LogP contribution < -0.4 is 10.6 Å². The minimum Gasteiger partial charge on any atom is -0.475 e. The van der Waals surface area contributed by atoms with Crippen molar-refractivity contribution in [3.63, 3.8) is 0 Å². The van der Waals surface area contributed by atoms with Crippen LogP contribution in [0.1, 0.15) is 12.8 Å². The van der Waals surface area contributed by atoms with Gasteiger partial charge in [-0.2, -0.15) is 0 Å². The second-order valence-electron chi connectivity index (χ2n) is 5.56. The Kier molecular flexibility index (Phi) is 6.12. The summed E-state index contributed by atoms with van der Waals surface area (Å²) < 4.78 is 11.6. The summed E-state index contributed by atoms with van der Waals surface area (Å²) in [4.78, 5) is 0. The van der Waals surface area contributed by atoms with E-state index in [1.807, 2.05) is 18.6 Å². The van der Waals surface area contributed by atoms with Gasteiger partial charge in [-0.05, 0) is 0 Å². The lowest BCUT2D eigenvalue weighted by Crippen LogP contribution is -2.14. The molecular weight excluding hydrogens is 315 g/mol. The molecule has 122 valence electrons. The normalized spacial score (nSPS) is 13.9. The van der Waals surface area contributed by atoms with Gasteiger partial charge in [0.2, 0.25) is 5.76 Å². The predicted molar refractivity (Wildman–Crippen MR) is 102 cm³/mol. The highest BCUT2D eigenvalue weighted by Gasteiger charge is 2.17. The van der Waals surface area contributed by atoms with Gasteiger partial charge in [0.1, 0.15) is 0 Å². The van der Waals surface area contributed by atoms with Gasteiger partial charge in [-0.1, -0.05) is 60.7 Å². The van der Waals surface area contributed by atoms with Crippen molar-refractivity contribution < 1.29 is 9.26 Å². The Morgan fingerprint density at radius 3 is 2.08 bits per heavy atom. The zero-order valence-electron chi connectivity index (χ0n) is 13.9. The van der Waals surface area contributed by atoms with Gasteiger partial charge in [-0.25, -0.2) is 0 Å². The molecule has 0 heterocycles. The SMILES string of the molecule is COC1=CCC(CCOP(c2ccccc2)c2ccccc2)=C[CH+]1. The van der Waals surface area contributed by atoms with E-state index in [1.54, 1.807) is 7.11 Å². The molecule has 0 fully saturated rings. The zero-order valence-corrected chi connectivity index (χ0v) is 14.8. The van der Waals surface area contributed by atoms with Crippen LogP contribution in [0.4, 0.5) is 0 Å². The smallest absolute Gasteiger partial charge is 0.227 e. The molecule has 0 aliphatic heterocycles. The average molecular weight is 337 g/mol. The molecular formula is C21H22O2P+. The van der Waals surface area contributed by atoms with Gasteiger partial charge in [-0.3, -0.25) is 0 Å². The van der Waals surface area contributed by atoms with Gasteiger partial charge in [0.15, 0.2) is 0 Å². The fourth-order valence-corrected chi connectivity index (χ4v) is 4.35. The molecule has 2 aromatic rings. The van der Waals surface area contributed by atoms with E-state index in [2.05, 4.69) is 60.7 Å². The Bertz CT molecular complexity index is 653. The van der Waals surface area contributed by atoms with Gasteiger partial charge in [0.05, 0.1) is 46.9 Å². The standard InChI is InChI=1S/C21H22O2P/c1-22-19-14-12-18(13-15-19)16-17-23-24(20-8-4-2-5-9-20)21-10-6-3-7-11-21/h2-12,14-15H,13,16-17H2,1H3/q+1. The molecule has 0 radical (unpaired) electrons. The molecule has 0 atom stereocenters.